The van der Waals surface area contributed by atoms with Gasteiger partial charge in [0.1, 0.15) is 17.8 Å². The highest BCUT2D eigenvalue weighted by molar-refractivity contribution is 5.64. The molecule has 0 spiro atoms. The molecule has 1 aromatic carbocycles. The molecule has 0 bridgehead atoms. The van der Waals surface area contributed by atoms with Crippen LogP contribution >= 0.6 is 0 Å². The minimum Gasteiger partial charge on any atom is -0.365 e. The maximum atomic E-state index is 13.9. The fourth-order valence-electron chi connectivity index (χ4n) is 3.52. The van der Waals surface area contributed by atoms with Crippen molar-refractivity contribution in [2.75, 3.05) is 18.0 Å². The van der Waals surface area contributed by atoms with Gasteiger partial charge in [0.25, 0.3) is 0 Å². The fourth-order valence-corrected chi connectivity index (χ4v) is 3.52. The van der Waals surface area contributed by atoms with Crippen molar-refractivity contribution < 1.29 is 9.31 Å². The normalized spacial score (nSPS) is 21.0. The molecule has 2 heterocycles. The first kappa shape index (κ1) is 15.0. The lowest BCUT2D eigenvalue weighted by molar-refractivity contribution is -0.386. The Morgan fingerprint density at radius 1 is 1.29 bits per heavy atom. The van der Waals surface area contributed by atoms with Crippen molar-refractivity contribution in [1.82, 2.24) is 14.8 Å². The first-order valence-electron chi connectivity index (χ1n) is 8.22. The van der Waals surface area contributed by atoms with Crippen molar-refractivity contribution >= 4 is 11.4 Å². The summed E-state index contributed by atoms with van der Waals surface area (Å²) in [4.78, 5) is 12.5. The molecule has 1 aromatic heterocycles. The zero-order chi connectivity index (χ0) is 16.7. The molecule has 1 aliphatic heterocycles. The Morgan fingerprint density at radius 3 is 2.88 bits per heavy atom. The van der Waals surface area contributed by atoms with Gasteiger partial charge < -0.3 is 9.47 Å². The summed E-state index contributed by atoms with van der Waals surface area (Å²) in [5.41, 5.74) is -0.0935. The summed E-state index contributed by atoms with van der Waals surface area (Å²) in [5, 5.41) is 19.6. The summed E-state index contributed by atoms with van der Waals surface area (Å²) >= 11 is 0. The Hall–Kier alpha value is -2.51. The number of benzene rings is 1. The standard InChI is InChI=1S/C16H18FN5O2/c17-13-4-1-5-14(15(13)22(23)24)20-8-2-3-11(9-20)16-19-18-10-21(16)12-6-7-12/h1,4-5,10-12H,2-3,6-9H2. The van der Waals surface area contributed by atoms with Gasteiger partial charge >= 0.3 is 5.69 Å². The molecule has 7 nitrogen and oxygen atoms in total. The van der Waals surface area contributed by atoms with E-state index in [0.717, 1.165) is 37.6 Å². The second-order valence-electron chi connectivity index (χ2n) is 6.48. The molecule has 0 N–H and O–H groups in total. The summed E-state index contributed by atoms with van der Waals surface area (Å²) in [6.45, 7) is 1.27. The van der Waals surface area contributed by atoms with E-state index in [1.54, 1.807) is 12.4 Å². The number of anilines is 1. The van der Waals surface area contributed by atoms with Gasteiger partial charge in [0.15, 0.2) is 0 Å². The second kappa shape index (κ2) is 5.85. The largest absolute Gasteiger partial charge is 0.365 e. The van der Waals surface area contributed by atoms with E-state index < -0.39 is 16.4 Å². The third kappa shape index (κ3) is 2.61. The van der Waals surface area contributed by atoms with Crippen LogP contribution < -0.4 is 4.90 Å². The number of hydrogen-bond donors (Lipinski definition) is 0. The van der Waals surface area contributed by atoms with Gasteiger partial charge in [-0.15, -0.1) is 10.2 Å². The van der Waals surface area contributed by atoms with Gasteiger partial charge in [0.05, 0.1) is 4.92 Å². The molecule has 1 unspecified atom stereocenters. The van der Waals surface area contributed by atoms with Crippen LogP contribution in [0.15, 0.2) is 24.5 Å². The van der Waals surface area contributed by atoms with Crippen LogP contribution in [0.25, 0.3) is 0 Å². The van der Waals surface area contributed by atoms with Gasteiger partial charge in [-0.25, -0.2) is 0 Å². The van der Waals surface area contributed by atoms with Crippen molar-refractivity contribution in [1.29, 1.82) is 0 Å². The fraction of sp³-hybridized carbons (Fsp3) is 0.500. The van der Waals surface area contributed by atoms with Gasteiger partial charge in [-0.3, -0.25) is 10.1 Å². The molecule has 2 aliphatic rings. The lowest BCUT2D eigenvalue weighted by Gasteiger charge is -2.33. The van der Waals surface area contributed by atoms with Crippen LogP contribution in [0.4, 0.5) is 15.8 Å². The zero-order valence-electron chi connectivity index (χ0n) is 13.1. The van der Waals surface area contributed by atoms with E-state index in [-0.39, 0.29) is 5.92 Å². The summed E-state index contributed by atoms with van der Waals surface area (Å²) < 4.78 is 16.0. The van der Waals surface area contributed by atoms with Crippen molar-refractivity contribution in [3.05, 3.63) is 46.3 Å². The average Bonchev–Trinajstić information content (AvgIpc) is 3.31. The number of nitro benzene ring substituents is 1. The molecule has 1 saturated heterocycles. The minimum absolute atomic E-state index is 0.157. The van der Waals surface area contributed by atoms with Crippen molar-refractivity contribution in [2.45, 2.75) is 37.6 Å². The number of nitrogens with zero attached hydrogens (tertiary/aromatic N) is 5. The predicted octanol–water partition coefficient (Wildman–Crippen LogP) is 3.04. The van der Waals surface area contributed by atoms with E-state index in [4.69, 9.17) is 0 Å². The number of halogens is 1. The Bertz CT molecular complexity index is 774. The molecule has 2 fully saturated rings. The third-order valence-electron chi connectivity index (χ3n) is 4.82. The Morgan fingerprint density at radius 2 is 2.12 bits per heavy atom. The number of piperidine rings is 1. The maximum Gasteiger partial charge on any atom is 0.327 e. The molecule has 2 aromatic rings. The van der Waals surface area contributed by atoms with Crippen LogP contribution in [0.2, 0.25) is 0 Å². The first-order valence-corrected chi connectivity index (χ1v) is 8.22. The zero-order valence-corrected chi connectivity index (χ0v) is 13.1. The molecule has 8 heteroatoms. The van der Waals surface area contributed by atoms with Crippen LogP contribution in [0.3, 0.4) is 0 Å². The van der Waals surface area contributed by atoms with Gasteiger partial charge in [-0.05, 0) is 37.8 Å². The molecular weight excluding hydrogens is 313 g/mol. The lowest BCUT2D eigenvalue weighted by atomic mass is 9.96. The van der Waals surface area contributed by atoms with Gasteiger partial charge in [-0.2, -0.15) is 4.39 Å². The average molecular weight is 331 g/mol. The van der Waals surface area contributed by atoms with Crippen molar-refractivity contribution in [2.24, 2.45) is 0 Å². The molecule has 1 saturated carbocycles. The van der Waals surface area contributed by atoms with Crippen LogP contribution in [-0.4, -0.2) is 32.8 Å². The number of nitro groups is 1. The third-order valence-corrected chi connectivity index (χ3v) is 4.82. The monoisotopic (exact) mass is 331 g/mol. The van der Waals surface area contributed by atoms with Crippen LogP contribution in [0.5, 0.6) is 0 Å². The van der Waals surface area contributed by atoms with Gasteiger partial charge in [0, 0.05) is 25.0 Å². The Labute approximate surface area is 138 Å². The van der Waals surface area contributed by atoms with Crippen LogP contribution in [-0.2, 0) is 0 Å². The molecule has 24 heavy (non-hydrogen) atoms. The van der Waals surface area contributed by atoms with Gasteiger partial charge in [0.2, 0.25) is 5.82 Å². The van der Waals surface area contributed by atoms with Crippen molar-refractivity contribution in [3.63, 3.8) is 0 Å². The first-order chi connectivity index (χ1) is 11.6. The van der Waals surface area contributed by atoms with E-state index in [1.807, 2.05) is 4.90 Å². The quantitative estimate of drug-likeness (QED) is 0.636. The smallest absolute Gasteiger partial charge is 0.327 e. The molecule has 126 valence electrons. The van der Waals surface area contributed by atoms with E-state index in [1.165, 1.54) is 6.07 Å². The molecular formula is C16H18FN5O2. The highest BCUT2D eigenvalue weighted by Gasteiger charge is 2.33. The van der Waals surface area contributed by atoms with E-state index in [2.05, 4.69) is 14.8 Å². The molecule has 0 radical (unpaired) electrons. The maximum absolute atomic E-state index is 13.9. The van der Waals surface area contributed by atoms with E-state index >= 15 is 0 Å². The van der Waals surface area contributed by atoms with Crippen LogP contribution in [0.1, 0.15) is 43.5 Å². The van der Waals surface area contributed by atoms with E-state index in [0.29, 0.717) is 24.8 Å². The SMILES string of the molecule is O=[N+]([O-])c1c(F)cccc1N1CCCC(c2nncn2C2CC2)C1. The molecule has 0 amide bonds. The summed E-state index contributed by atoms with van der Waals surface area (Å²) in [6.07, 6.45) is 5.92. The van der Waals surface area contributed by atoms with Crippen LogP contribution in [0, 0.1) is 15.9 Å². The Balaban J connectivity index is 1.63. The molecule has 4 rings (SSSR count). The van der Waals surface area contributed by atoms with Crippen molar-refractivity contribution in [3.8, 4) is 0 Å². The Kier molecular flexibility index (Phi) is 3.66. The summed E-state index contributed by atoms with van der Waals surface area (Å²) in [6, 6.07) is 4.77. The van der Waals surface area contributed by atoms with E-state index in [9.17, 15) is 14.5 Å². The number of rotatable bonds is 4. The summed E-state index contributed by atoms with van der Waals surface area (Å²) in [7, 11) is 0. The molecule has 1 aliphatic carbocycles. The lowest BCUT2D eigenvalue weighted by Crippen LogP contribution is -2.35. The molecule has 1 atom stereocenters. The number of para-hydroxylation sites is 1. The predicted molar refractivity (Wildman–Crippen MR) is 85.5 cm³/mol. The minimum atomic E-state index is -0.791. The summed E-state index contributed by atoms with van der Waals surface area (Å²) in [5.74, 6) is 0.312. The number of aromatic nitrogens is 3. The van der Waals surface area contributed by atoms with Gasteiger partial charge in [-0.1, -0.05) is 6.07 Å². The highest BCUT2D eigenvalue weighted by atomic mass is 19.1. The highest BCUT2D eigenvalue weighted by Crippen LogP contribution is 2.39. The number of hydrogen-bond acceptors (Lipinski definition) is 5. The topological polar surface area (TPSA) is 77.1 Å². The second-order valence-corrected chi connectivity index (χ2v) is 6.48.